The van der Waals surface area contributed by atoms with Crippen LogP contribution in [0.25, 0.3) is 21.3 Å². The van der Waals surface area contributed by atoms with E-state index in [0.717, 1.165) is 22.0 Å². The van der Waals surface area contributed by atoms with Gasteiger partial charge in [-0.3, -0.25) is 4.90 Å². The van der Waals surface area contributed by atoms with Crippen LogP contribution in [-0.4, -0.2) is 4.98 Å². The van der Waals surface area contributed by atoms with Crippen LogP contribution in [-0.2, 0) is 0 Å². The van der Waals surface area contributed by atoms with Crippen LogP contribution in [0.5, 0.6) is 0 Å². The molecule has 3 heteroatoms. The quantitative estimate of drug-likeness (QED) is 0.323. The normalized spacial score (nSPS) is 10.9. The SMILES string of the molecule is c1ccc(-c2ccc(N(c3ccccc3)c3nc4ccccc4s3)cc2)cc1. The van der Waals surface area contributed by atoms with Crippen molar-refractivity contribution < 1.29 is 0 Å². The summed E-state index contributed by atoms with van der Waals surface area (Å²) in [4.78, 5) is 7.11. The van der Waals surface area contributed by atoms with Gasteiger partial charge in [0.2, 0.25) is 0 Å². The summed E-state index contributed by atoms with van der Waals surface area (Å²) in [5.41, 5.74) is 5.67. The number of rotatable bonds is 4. The van der Waals surface area contributed by atoms with Crippen LogP contribution in [0, 0.1) is 0 Å². The zero-order valence-electron chi connectivity index (χ0n) is 15.2. The minimum Gasteiger partial charge on any atom is -0.286 e. The Hall–Kier alpha value is -3.43. The summed E-state index contributed by atoms with van der Waals surface area (Å²) >= 11 is 1.71. The first-order valence-electron chi connectivity index (χ1n) is 9.25. The van der Waals surface area contributed by atoms with E-state index in [1.165, 1.54) is 15.8 Å². The third-order valence-electron chi connectivity index (χ3n) is 4.72. The smallest absolute Gasteiger partial charge is 0.195 e. The van der Waals surface area contributed by atoms with Crippen LogP contribution >= 0.6 is 11.3 Å². The van der Waals surface area contributed by atoms with Crippen molar-refractivity contribution in [2.45, 2.75) is 0 Å². The summed E-state index contributed by atoms with van der Waals surface area (Å²) in [5.74, 6) is 0. The van der Waals surface area contributed by atoms with Crippen molar-refractivity contribution >= 4 is 38.1 Å². The molecule has 0 aliphatic heterocycles. The summed E-state index contributed by atoms with van der Waals surface area (Å²) in [6.07, 6.45) is 0. The topological polar surface area (TPSA) is 16.1 Å². The number of fused-ring (bicyclic) bond motifs is 1. The van der Waals surface area contributed by atoms with Gasteiger partial charge in [0.25, 0.3) is 0 Å². The zero-order valence-corrected chi connectivity index (χ0v) is 16.0. The molecular formula is C25H18N2S. The van der Waals surface area contributed by atoms with Crippen LogP contribution < -0.4 is 4.90 Å². The number of thiazole rings is 1. The largest absolute Gasteiger partial charge is 0.286 e. The molecule has 0 saturated heterocycles. The average molecular weight is 379 g/mol. The Morgan fingerprint density at radius 1 is 0.536 bits per heavy atom. The fourth-order valence-electron chi connectivity index (χ4n) is 3.34. The van der Waals surface area contributed by atoms with Gasteiger partial charge in [-0.05, 0) is 47.5 Å². The molecule has 0 fully saturated rings. The van der Waals surface area contributed by atoms with E-state index in [0.29, 0.717) is 0 Å². The third-order valence-corrected chi connectivity index (χ3v) is 5.74. The van der Waals surface area contributed by atoms with Crippen molar-refractivity contribution in [1.82, 2.24) is 4.98 Å². The highest BCUT2D eigenvalue weighted by atomic mass is 32.1. The molecule has 0 aliphatic carbocycles. The number of nitrogens with zero attached hydrogens (tertiary/aromatic N) is 2. The van der Waals surface area contributed by atoms with E-state index in [2.05, 4.69) is 95.9 Å². The molecule has 0 radical (unpaired) electrons. The fraction of sp³-hybridized carbons (Fsp3) is 0. The first kappa shape index (κ1) is 16.7. The van der Waals surface area contributed by atoms with Crippen LogP contribution in [0.4, 0.5) is 16.5 Å². The number of hydrogen-bond donors (Lipinski definition) is 0. The standard InChI is InChI=1S/C25H18N2S/c1-3-9-19(10-4-1)20-15-17-22(18-16-20)27(21-11-5-2-6-12-21)25-26-23-13-7-8-14-24(23)28-25/h1-18H. The van der Waals surface area contributed by atoms with Crippen LogP contribution in [0.3, 0.4) is 0 Å². The maximum Gasteiger partial charge on any atom is 0.195 e. The second kappa shape index (κ2) is 7.29. The maximum absolute atomic E-state index is 4.89. The van der Waals surface area contributed by atoms with E-state index in [4.69, 9.17) is 4.98 Å². The van der Waals surface area contributed by atoms with Crippen molar-refractivity contribution in [3.63, 3.8) is 0 Å². The number of anilines is 3. The van der Waals surface area contributed by atoms with Gasteiger partial charge in [0, 0.05) is 11.4 Å². The summed E-state index contributed by atoms with van der Waals surface area (Å²) in [5, 5.41) is 0.972. The minimum atomic E-state index is 0.972. The second-order valence-electron chi connectivity index (χ2n) is 6.55. The lowest BCUT2D eigenvalue weighted by atomic mass is 10.1. The van der Waals surface area contributed by atoms with Crippen molar-refractivity contribution in [3.8, 4) is 11.1 Å². The number of hydrogen-bond acceptors (Lipinski definition) is 3. The van der Waals surface area contributed by atoms with Gasteiger partial charge in [-0.2, -0.15) is 0 Å². The zero-order chi connectivity index (χ0) is 18.8. The molecule has 1 aromatic heterocycles. The van der Waals surface area contributed by atoms with Crippen molar-refractivity contribution in [2.24, 2.45) is 0 Å². The van der Waals surface area contributed by atoms with E-state index in [1.807, 2.05) is 18.2 Å². The number of benzene rings is 4. The molecule has 4 aromatic carbocycles. The molecule has 5 aromatic rings. The van der Waals surface area contributed by atoms with Gasteiger partial charge in [-0.1, -0.05) is 84.1 Å². The molecule has 1 heterocycles. The van der Waals surface area contributed by atoms with Crippen LogP contribution in [0.1, 0.15) is 0 Å². The summed E-state index contributed by atoms with van der Waals surface area (Å²) in [6.45, 7) is 0. The summed E-state index contributed by atoms with van der Waals surface area (Å²) in [6, 6.07) is 37.8. The van der Waals surface area contributed by atoms with E-state index in [-0.39, 0.29) is 0 Å². The first-order valence-corrected chi connectivity index (χ1v) is 10.1. The highest BCUT2D eigenvalue weighted by Gasteiger charge is 2.16. The van der Waals surface area contributed by atoms with Crippen molar-refractivity contribution in [3.05, 3.63) is 109 Å². The van der Waals surface area contributed by atoms with Gasteiger partial charge in [0.15, 0.2) is 5.13 Å². The highest BCUT2D eigenvalue weighted by molar-refractivity contribution is 7.22. The molecule has 0 atom stereocenters. The first-order chi connectivity index (χ1) is 13.9. The Kier molecular flexibility index (Phi) is 4.36. The van der Waals surface area contributed by atoms with Gasteiger partial charge in [-0.15, -0.1) is 0 Å². The Balaban J connectivity index is 1.60. The molecule has 0 unspecified atom stereocenters. The van der Waals surface area contributed by atoms with Crippen molar-refractivity contribution in [1.29, 1.82) is 0 Å². The molecule has 0 spiro atoms. The lowest BCUT2D eigenvalue weighted by Crippen LogP contribution is -2.09. The van der Waals surface area contributed by atoms with E-state index >= 15 is 0 Å². The molecule has 0 aliphatic rings. The predicted molar refractivity (Wildman–Crippen MR) is 120 cm³/mol. The molecule has 0 saturated carbocycles. The van der Waals surface area contributed by atoms with Crippen molar-refractivity contribution in [2.75, 3.05) is 4.90 Å². The number of aromatic nitrogens is 1. The summed E-state index contributed by atoms with van der Waals surface area (Å²) < 4.78 is 1.19. The maximum atomic E-state index is 4.89. The summed E-state index contributed by atoms with van der Waals surface area (Å²) in [7, 11) is 0. The molecular weight excluding hydrogens is 360 g/mol. The van der Waals surface area contributed by atoms with E-state index in [1.54, 1.807) is 11.3 Å². The Morgan fingerprint density at radius 2 is 1.11 bits per heavy atom. The fourth-order valence-corrected chi connectivity index (χ4v) is 4.34. The van der Waals surface area contributed by atoms with E-state index in [9.17, 15) is 0 Å². The molecule has 2 nitrogen and oxygen atoms in total. The lowest BCUT2D eigenvalue weighted by Gasteiger charge is -2.22. The Morgan fingerprint density at radius 3 is 1.82 bits per heavy atom. The minimum absolute atomic E-state index is 0.972. The molecule has 0 bridgehead atoms. The molecule has 134 valence electrons. The number of para-hydroxylation sites is 2. The molecule has 0 N–H and O–H groups in total. The van der Waals surface area contributed by atoms with Gasteiger partial charge in [0.05, 0.1) is 10.2 Å². The highest BCUT2D eigenvalue weighted by Crippen LogP contribution is 2.39. The van der Waals surface area contributed by atoms with Gasteiger partial charge < -0.3 is 0 Å². The molecule has 0 amide bonds. The Bertz CT molecular complexity index is 1160. The van der Waals surface area contributed by atoms with Gasteiger partial charge >= 0.3 is 0 Å². The van der Waals surface area contributed by atoms with Gasteiger partial charge in [-0.25, -0.2) is 4.98 Å². The van der Waals surface area contributed by atoms with Crippen LogP contribution in [0.15, 0.2) is 109 Å². The lowest BCUT2D eigenvalue weighted by molar-refractivity contribution is 1.25. The second-order valence-corrected chi connectivity index (χ2v) is 7.56. The van der Waals surface area contributed by atoms with E-state index < -0.39 is 0 Å². The molecule has 28 heavy (non-hydrogen) atoms. The predicted octanol–water partition coefficient (Wildman–Crippen LogP) is 7.43. The van der Waals surface area contributed by atoms with Crippen LogP contribution in [0.2, 0.25) is 0 Å². The Labute approximate surface area is 168 Å². The monoisotopic (exact) mass is 378 g/mol. The third kappa shape index (κ3) is 3.17. The average Bonchev–Trinajstić information content (AvgIpc) is 3.19. The molecule has 5 rings (SSSR count). The van der Waals surface area contributed by atoms with Gasteiger partial charge in [0.1, 0.15) is 0 Å².